The zero-order valence-corrected chi connectivity index (χ0v) is 14.0. The van der Waals surface area contributed by atoms with Gasteiger partial charge in [0.05, 0.1) is 5.69 Å². The van der Waals surface area contributed by atoms with E-state index < -0.39 is 0 Å². The molecule has 0 radical (unpaired) electrons. The molecule has 0 aliphatic carbocycles. The first-order valence-electron chi connectivity index (χ1n) is 7.88. The number of nitrogens with two attached hydrogens (primary N) is 1. The largest absolute Gasteiger partial charge is 0.384 e. The van der Waals surface area contributed by atoms with Crippen molar-refractivity contribution in [2.24, 2.45) is 0 Å². The molecule has 1 amide bonds. The number of nitrogen functional groups attached to an aromatic ring is 1. The lowest BCUT2D eigenvalue weighted by molar-refractivity contribution is -0.121. The highest BCUT2D eigenvalue weighted by atomic mass is 16.2. The van der Waals surface area contributed by atoms with Crippen molar-refractivity contribution in [1.82, 2.24) is 15.1 Å². The summed E-state index contributed by atoms with van der Waals surface area (Å²) in [4.78, 5) is 14.2. The average molecular weight is 315 g/mol. The Morgan fingerprint density at radius 3 is 2.74 bits per heavy atom. The third kappa shape index (κ3) is 4.74. The minimum absolute atomic E-state index is 0.0832. The van der Waals surface area contributed by atoms with Gasteiger partial charge in [0.25, 0.3) is 0 Å². The summed E-state index contributed by atoms with van der Waals surface area (Å²) in [6, 6.07) is 10.1. The Kier molecular flexibility index (Phi) is 5.62. The van der Waals surface area contributed by atoms with Crippen molar-refractivity contribution in [3.63, 3.8) is 0 Å². The molecule has 1 aromatic heterocycles. The molecule has 124 valence electrons. The van der Waals surface area contributed by atoms with Crippen LogP contribution >= 0.6 is 0 Å². The van der Waals surface area contributed by atoms with Crippen LogP contribution in [-0.4, -0.2) is 35.3 Å². The maximum atomic E-state index is 12.0. The lowest BCUT2D eigenvalue weighted by Crippen LogP contribution is -2.36. The summed E-state index contributed by atoms with van der Waals surface area (Å²) in [6.45, 7) is 8.43. The standard InChI is InChI=1S/C17H25N5O/c1-4-21(15-7-5-6-13(2)10-15)9-8-19-17(23)12-22-16(18)11-14(3)20-22/h5-7,10-11H,4,8-9,12,18H2,1-3H3,(H,19,23). The Morgan fingerprint density at radius 2 is 2.13 bits per heavy atom. The number of hydrogen-bond acceptors (Lipinski definition) is 4. The van der Waals surface area contributed by atoms with Gasteiger partial charge in [-0.25, -0.2) is 4.68 Å². The van der Waals surface area contributed by atoms with E-state index in [1.165, 1.54) is 15.9 Å². The van der Waals surface area contributed by atoms with E-state index in [2.05, 4.69) is 53.4 Å². The summed E-state index contributed by atoms with van der Waals surface area (Å²) < 4.78 is 1.52. The molecule has 2 aromatic rings. The Balaban J connectivity index is 1.83. The van der Waals surface area contributed by atoms with Gasteiger partial charge in [0.2, 0.25) is 5.91 Å². The van der Waals surface area contributed by atoms with Crippen LogP contribution in [0.15, 0.2) is 30.3 Å². The molecule has 0 saturated heterocycles. The number of rotatable bonds is 7. The van der Waals surface area contributed by atoms with Crippen molar-refractivity contribution in [3.8, 4) is 0 Å². The fourth-order valence-electron chi connectivity index (χ4n) is 2.51. The highest BCUT2D eigenvalue weighted by molar-refractivity contribution is 5.76. The molecule has 0 spiro atoms. The fraction of sp³-hybridized carbons (Fsp3) is 0.412. The van der Waals surface area contributed by atoms with Crippen LogP contribution < -0.4 is 16.0 Å². The van der Waals surface area contributed by atoms with E-state index in [1.807, 2.05) is 6.92 Å². The number of carbonyl (C=O) groups excluding carboxylic acids is 1. The van der Waals surface area contributed by atoms with Gasteiger partial charge in [-0.2, -0.15) is 5.10 Å². The van der Waals surface area contributed by atoms with Gasteiger partial charge in [0.1, 0.15) is 12.4 Å². The molecule has 0 fully saturated rings. The number of nitrogens with zero attached hydrogens (tertiary/aromatic N) is 3. The molecule has 3 N–H and O–H groups in total. The molecule has 23 heavy (non-hydrogen) atoms. The van der Waals surface area contributed by atoms with E-state index in [9.17, 15) is 4.79 Å². The molecule has 2 rings (SSSR count). The number of carbonyl (C=O) groups is 1. The van der Waals surface area contributed by atoms with E-state index in [-0.39, 0.29) is 12.5 Å². The van der Waals surface area contributed by atoms with Gasteiger partial charge in [-0.15, -0.1) is 0 Å². The highest BCUT2D eigenvalue weighted by Gasteiger charge is 2.09. The van der Waals surface area contributed by atoms with Crippen LogP contribution in [0.2, 0.25) is 0 Å². The minimum atomic E-state index is -0.0832. The number of aromatic nitrogens is 2. The second-order valence-electron chi connectivity index (χ2n) is 5.64. The van der Waals surface area contributed by atoms with Gasteiger partial charge >= 0.3 is 0 Å². The van der Waals surface area contributed by atoms with Gasteiger partial charge < -0.3 is 16.0 Å². The normalized spacial score (nSPS) is 10.6. The van der Waals surface area contributed by atoms with Crippen molar-refractivity contribution >= 4 is 17.4 Å². The van der Waals surface area contributed by atoms with E-state index in [1.54, 1.807) is 6.07 Å². The molecule has 6 nitrogen and oxygen atoms in total. The Labute approximate surface area is 137 Å². The van der Waals surface area contributed by atoms with Gasteiger partial charge in [0.15, 0.2) is 0 Å². The lowest BCUT2D eigenvalue weighted by atomic mass is 10.2. The smallest absolute Gasteiger partial charge is 0.241 e. The van der Waals surface area contributed by atoms with Crippen molar-refractivity contribution in [3.05, 3.63) is 41.6 Å². The number of amides is 1. The molecule has 6 heteroatoms. The maximum absolute atomic E-state index is 12.0. The summed E-state index contributed by atoms with van der Waals surface area (Å²) in [5, 5.41) is 7.11. The molecule has 1 aromatic carbocycles. The highest BCUT2D eigenvalue weighted by Crippen LogP contribution is 2.14. The Hall–Kier alpha value is -2.50. The third-order valence-corrected chi connectivity index (χ3v) is 3.68. The summed E-state index contributed by atoms with van der Waals surface area (Å²) in [7, 11) is 0. The van der Waals surface area contributed by atoms with Crippen LogP contribution in [0, 0.1) is 13.8 Å². The van der Waals surface area contributed by atoms with Gasteiger partial charge in [-0.1, -0.05) is 12.1 Å². The van der Waals surface area contributed by atoms with Crippen LogP contribution in [-0.2, 0) is 11.3 Å². The second kappa shape index (κ2) is 7.67. The SMILES string of the molecule is CCN(CCNC(=O)Cn1nc(C)cc1N)c1cccc(C)c1. The first-order valence-corrected chi connectivity index (χ1v) is 7.88. The molecule has 0 aliphatic rings. The fourth-order valence-corrected chi connectivity index (χ4v) is 2.51. The predicted molar refractivity (Wildman–Crippen MR) is 93.5 cm³/mol. The van der Waals surface area contributed by atoms with Crippen molar-refractivity contribution in [2.45, 2.75) is 27.3 Å². The Bertz CT molecular complexity index is 665. The molecular weight excluding hydrogens is 290 g/mol. The van der Waals surface area contributed by atoms with Crippen LogP contribution in [0.4, 0.5) is 11.5 Å². The van der Waals surface area contributed by atoms with Crippen molar-refractivity contribution < 1.29 is 4.79 Å². The number of benzene rings is 1. The van der Waals surface area contributed by atoms with E-state index in [0.29, 0.717) is 12.4 Å². The summed E-state index contributed by atoms with van der Waals surface area (Å²) in [5.74, 6) is 0.424. The summed E-state index contributed by atoms with van der Waals surface area (Å²) >= 11 is 0. The number of likely N-dealkylation sites (N-methyl/N-ethyl adjacent to an activating group) is 1. The molecule has 0 atom stereocenters. The molecule has 0 bridgehead atoms. The summed E-state index contributed by atoms with van der Waals surface area (Å²) in [5.41, 5.74) is 9.01. The average Bonchev–Trinajstić information content (AvgIpc) is 2.81. The number of nitrogens with one attached hydrogen (secondary N) is 1. The predicted octanol–water partition coefficient (Wildman–Crippen LogP) is 1.72. The van der Waals surface area contributed by atoms with Crippen LogP contribution in [0.3, 0.4) is 0 Å². The van der Waals surface area contributed by atoms with Gasteiger partial charge in [-0.3, -0.25) is 4.79 Å². The van der Waals surface area contributed by atoms with Crippen LogP contribution in [0.5, 0.6) is 0 Å². The lowest BCUT2D eigenvalue weighted by Gasteiger charge is -2.23. The topological polar surface area (TPSA) is 76.2 Å². The van der Waals surface area contributed by atoms with Crippen LogP contribution in [0.25, 0.3) is 0 Å². The van der Waals surface area contributed by atoms with E-state index >= 15 is 0 Å². The first kappa shape index (κ1) is 16.9. The van der Waals surface area contributed by atoms with E-state index in [0.717, 1.165) is 18.8 Å². The molecular formula is C17H25N5O. The van der Waals surface area contributed by atoms with Gasteiger partial charge in [-0.05, 0) is 38.5 Å². The number of aryl methyl sites for hydroxylation is 2. The minimum Gasteiger partial charge on any atom is -0.384 e. The zero-order valence-electron chi connectivity index (χ0n) is 14.0. The quantitative estimate of drug-likeness (QED) is 0.816. The first-order chi connectivity index (χ1) is 11.0. The molecule has 0 saturated carbocycles. The molecule has 0 unspecified atom stereocenters. The summed E-state index contributed by atoms with van der Waals surface area (Å²) in [6.07, 6.45) is 0. The Morgan fingerprint density at radius 1 is 1.35 bits per heavy atom. The zero-order chi connectivity index (χ0) is 16.8. The monoisotopic (exact) mass is 315 g/mol. The van der Waals surface area contributed by atoms with Crippen molar-refractivity contribution in [1.29, 1.82) is 0 Å². The molecule has 1 heterocycles. The number of hydrogen-bond donors (Lipinski definition) is 2. The van der Waals surface area contributed by atoms with E-state index in [4.69, 9.17) is 5.73 Å². The maximum Gasteiger partial charge on any atom is 0.241 e. The van der Waals surface area contributed by atoms with Crippen LogP contribution in [0.1, 0.15) is 18.2 Å². The second-order valence-corrected chi connectivity index (χ2v) is 5.64. The molecule has 0 aliphatic heterocycles. The third-order valence-electron chi connectivity index (χ3n) is 3.68. The van der Waals surface area contributed by atoms with Crippen molar-refractivity contribution in [2.75, 3.05) is 30.3 Å². The number of anilines is 2. The van der Waals surface area contributed by atoms with Gasteiger partial charge in [0, 0.05) is 31.4 Å².